The van der Waals surface area contributed by atoms with Crippen molar-refractivity contribution >= 4 is 24.0 Å². The fraction of sp³-hybridized carbons (Fsp3) is 0.533. The average molecular weight is 299 g/mol. The maximum Gasteiger partial charge on any atom is 0.253 e. The van der Waals surface area contributed by atoms with Gasteiger partial charge in [-0.05, 0) is 56.4 Å². The van der Waals surface area contributed by atoms with Gasteiger partial charge in [0.1, 0.15) is 0 Å². The van der Waals surface area contributed by atoms with E-state index in [2.05, 4.69) is 0 Å². The Morgan fingerprint density at radius 3 is 2.50 bits per heavy atom. The van der Waals surface area contributed by atoms with Crippen molar-refractivity contribution in [3.63, 3.8) is 0 Å². The number of nitrogens with zero attached hydrogens (tertiary/aromatic N) is 1. The molecule has 0 aromatic heterocycles. The molecule has 1 aliphatic heterocycles. The van der Waals surface area contributed by atoms with E-state index in [0.29, 0.717) is 17.2 Å². The summed E-state index contributed by atoms with van der Waals surface area (Å²) in [4.78, 5) is 14.2. The molecule has 4 nitrogen and oxygen atoms in total. The van der Waals surface area contributed by atoms with Crippen LogP contribution in [0.1, 0.15) is 35.7 Å². The average Bonchev–Trinajstić information content (AvgIpc) is 2.41. The van der Waals surface area contributed by atoms with Crippen LogP contribution in [0, 0.1) is 12.8 Å². The zero-order valence-corrected chi connectivity index (χ0v) is 12.8. The zero-order chi connectivity index (χ0) is 14.0. The van der Waals surface area contributed by atoms with Crippen LogP contribution < -0.4 is 5.73 Å². The number of nitrogens with two attached hydrogens (primary N) is 1. The number of benzene rings is 1. The molecule has 0 saturated carbocycles. The number of carbonyl (C=O) groups is 1. The fourth-order valence-electron chi connectivity index (χ4n) is 2.58. The minimum absolute atomic E-state index is 0. The summed E-state index contributed by atoms with van der Waals surface area (Å²) in [5.41, 5.74) is 8.11. The lowest BCUT2D eigenvalue weighted by atomic mass is 9.92. The Balaban J connectivity index is 0.00000200. The van der Waals surface area contributed by atoms with Crippen molar-refractivity contribution < 1.29 is 9.90 Å². The van der Waals surface area contributed by atoms with E-state index in [9.17, 15) is 9.90 Å². The van der Waals surface area contributed by atoms with E-state index >= 15 is 0 Å². The van der Waals surface area contributed by atoms with E-state index < -0.39 is 0 Å². The molecule has 0 aliphatic carbocycles. The number of anilines is 1. The Kier molecular flexibility index (Phi) is 5.84. The van der Waals surface area contributed by atoms with Gasteiger partial charge in [-0.2, -0.15) is 0 Å². The van der Waals surface area contributed by atoms with Gasteiger partial charge in [-0.25, -0.2) is 0 Å². The molecule has 0 bridgehead atoms. The fourth-order valence-corrected chi connectivity index (χ4v) is 2.58. The van der Waals surface area contributed by atoms with Crippen molar-refractivity contribution in [3.05, 3.63) is 29.3 Å². The molecule has 112 valence electrons. The van der Waals surface area contributed by atoms with Crippen LogP contribution in [0.5, 0.6) is 0 Å². The molecule has 3 N–H and O–H groups in total. The Morgan fingerprint density at radius 2 is 2.00 bits per heavy atom. The topological polar surface area (TPSA) is 66.6 Å². The van der Waals surface area contributed by atoms with Gasteiger partial charge >= 0.3 is 0 Å². The number of carbonyl (C=O) groups excluding carboxylic acids is 1. The van der Waals surface area contributed by atoms with Crippen molar-refractivity contribution in [1.82, 2.24) is 4.90 Å². The van der Waals surface area contributed by atoms with E-state index in [-0.39, 0.29) is 24.4 Å². The molecule has 1 heterocycles. The molecule has 1 saturated heterocycles. The van der Waals surface area contributed by atoms with Gasteiger partial charge in [-0.15, -0.1) is 12.4 Å². The molecule has 2 rings (SSSR count). The summed E-state index contributed by atoms with van der Waals surface area (Å²) >= 11 is 0. The number of aryl methyl sites for hydroxylation is 1. The van der Waals surface area contributed by atoms with E-state index in [4.69, 9.17) is 5.73 Å². The third kappa shape index (κ3) is 3.64. The lowest BCUT2D eigenvalue weighted by Gasteiger charge is -2.33. The predicted octanol–water partition coefficient (Wildman–Crippen LogP) is 2.23. The molecule has 1 atom stereocenters. The highest BCUT2D eigenvalue weighted by molar-refractivity contribution is 5.95. The Bertz CT molecular complexity index is 469. The number of hydrogen-bond acceptors (Lipinski definition) is 3. The first-order valence-electron chi connectivity index (χ1n) is 6.82. The van der Waals surface area contributed by atoms with E-state index in [1.54, 1.807) is 12.1 Å². The number of piperidine rings is 1. The van der Waals surface area contributed by atoms with Gasteiger partial charge < -0.3 is 15.7 Å². The molecular weight excluding hydrogens is 276 g/mol. The third-order valence-corrected chi connectivity index (χ3v) is 4.03. The molecule has 0 radical (unpaired) electrons. The summed E-state index contributed by atoms with van der Waals surface area (Å²) in [6.45, 7) is 5.17. The molecular formula is C15H23ClN2O2. The van der Waals surface area contributed by atoms with E-state index in [1.165, 1.54) is 0 Å². The standard InChI is InChI=1S/C15H22N2O2.ClH/c1-10-9-13(3-4-14(10)16)15(19)17-7-5-12(6-8-17)11(2)18;/h3-4,9,11-12,18H,5-8,16H2,1-2H3;1H. The zero-order valence-electron chi connectivity index (χ0n) is 12.0. The quantitative estimate of drug-likeness (QED) is 0.823. The second kappa shape index (κ2) is 6.95. The summed E-state index contributed by atoms with van der Waals surface area (Å²) in [5, 5.41) is 9.57. The Morgan fingerprint density at radius 1 is 1.40 bits per heavy atom. The van der Waals surface area contributed by atoms with Crippen LogP contribution in [0.25, 0.3) is 0 Å². The lowest BCUT2D eigenvalue weighted by Crippen LogP contribution is -2.40. The first-order valence-corrected chi connectivity index (χ1v) is 6.82. The largest absolute Gasteiger partial charge is 0.399 e. The van der Waals surface area contributed by atoms with Gasteiger partial charge in [0.15, 0.2) is 0 Å². The molecule has 1 amide bonds. The minimum atomic E-state index is -0.281. The van der Waals surface area contributed by atoms with Gasteiger partial charge in [-0.1, -0.05) is 0 Å². The van der Waals surface area contributed by atoms with Gasteiger partial charge in [-0.3, -0.25) is 4.79 Å². The van der Waals surface area contributed by atoms with Crippen LogP contribution in [0.4, 0.5) is 5.69 Å². The normalized spacial score (nSPS) is 17.4. The first-order chi connectivity index (χ1) is 8.99. The second-order valence-electron chi connectivity index (χ2n) is 5.44. The molecule has 5 heteroatoms. The van der Waals surface area contributed by atoms with Crippen LogP contribution in [-0.2, 0) is 0 Å². The third-order valence-electron chi connectivity index (χ3n) is 4.03. The SMILES string of the molecule is Cc1cc(C(=O)N2CCC(C(C)O)CC2)ccc1N.Cl. The highest BCUT2D eigenvalue weighted by Crippen LogP contribution is 2.22. The number of aliphatic hydroxyl groups is 1. The molecule has 1 aromatic carbocycles. The maximum atomic E-state index is 12.4. The smallest absolute Gasteiger partial charge is 0.253 e. The van der Waals surface area contributed by atoms with Crippen molar-refractivity contribution in [2.75, 3.05) is 18.8 Å². The Hall–Kier alpha value is -1.26. The molecule has 1 unspecified atom stereocenters. The summed E-state index contributed by atoms with van der Waals surface area (Å²) in [5.74, 6) is 0.379. The monoisotopic (exact) mass is 298 g/mol. The number of nitrogen functional groups attached to an aromatic ring is 1. The van der Waals surface area contributed by atoms with Crippen LogP contribution in [0.15, 0.2) is 18.2 Å². The minimum Gasteiger partial charge on any atom is -0.399 e. The van der Waals surface area contributed by atoms with Gasteiger partial charge in [0, 0.05) is 24.3 Å². The number of aliphatic hydroxyl groups excluding tert-OH is 1. The summed E-state index contributed by atoms with van der Waals surface area (Å²) in [6.07, 6.45) is 1.46. The van der Waals surface area contributed by atoms with Crippen molar-refractivity contribution in [3.8, 4) is 0 Å². The van der Waals surface area contributed by atoms with Crippen molar-refractivity contribution in [1.29, 1.82) is 0 Å². The van der Waals surface area contributed by atoms with E-state index in [0.717, 1.165) is 31.5 Å². The van der Waals surface area contributed by atoms with Gasteiger partial charge in [0.2, 0.25) is 0 Å². The predicted molar refractivity (Wildman–Crippen MR) is 83.1 cm³/mol. The maximum absolute atomic E-state index is 12.4. The Labute approximate surface area is 126 Å². The second-order valence-corrected chi connectivity index (χ2v) is 5.44. The number of rotatable bonds is 2. The van der Waals surface area contributed by atoms with Crippen LogP contribution in [-0.4, -0.2) is 35.1 Å². The van der Waals surface area contributed by atoms with Gasteiger partial charge in [0.25, 0.3) is 5.91 Å². The van der Waals surface area contributed by atoms with E-state index in [1.807, 2.05) is 24.8 Å². The number of hydrogen-bond donors (Lipinski definition) is 2. The molecule has 20 heavy (non-hydrogen) atoms. The van der Waals surface area contributed by atoms with Crippen molar-refractivity contribution in [2.24, 2.45) is 5.92 Å². The first kappa shape index (κ1) is 16.8. The highest BCUT2D eigenvalue weighted by Gasteiger charge is 2.26. The van der Waals surface area contributed by atoms with Crippen LogP contribution in [0.2, 0.25) is 0 Å². The molecule has 1 aliphatic rings. The highest BCUT2D eigenvalue weighted by atomic mass is 35.5. The van der Waals surface area contributed by atoms with Crippen LogP contribution in [0.3, 0.4) is 0 Å². The number of amides is 1. The molecule has 1 aromatic rings. The summed E-state index contributed by atoms with van der Waals surface area (Å²) in [6, 6.07) is 5.41. The van der Waals surface area contributed by atoms with Gasteiger partial charge in [0.05, 0.1) is 6.10 Å². The lowest BCUT2D eigenvalue weighted by molar-refractivity contribution is 0.0521. The number of likely N-dealkylation sites (tertiary alicyclic amines) is 1. The molecule has 0 spiro atoms. The van der Waals surface area contributed by atoms with Crippen molar-refractivity contribution in [2.45, 2.75) is 32.8 Å². The molecule has 1 fully saturated rings. The summed E-state index contributed by atoms with van der Waals surface area (Å²) in [7, 11) is 0. The summed E-state index contributed by atoms with van der Waals surface area (Å²) < 4.78 is 0. The van der Waals surface area contributed by atoms with Crippen LogP contribution >= 0.6 is 12.4 Å². The number of halogens is 1.